The zero-order chi connectivity index (χ0) is 23.3. The molecule has 0 aliphatic rings. The quantitative estimate of drug-likeness (QED) is 0.333. The second kappa shape index (κ2) is 9.38. The minimum Gasteiger partial charge on any atom is -0.424 e. The molecule has 0 unspecified atom stereocenters. The van der Waals surface area contributed by atoms with Crippen LogP contribution in [0.2, 0.25) is 0 Å². The van der Waals surface area contributed by atoms with Crippen LogP contribution in [0.1, 0.15) is 15.9 Å². The molecule has 0 radical (unpaired) electrons. The highest BCUT2D eigenvalue weighted by atomic mass is 16.4. The molecule has 0 atom stereocenters. The maximum Gasteiger partial charge on any atom is 0.310 e. The fourth-order valence-electron chi connectivity index (χ4n) is 3.70. The molecule has 5 aromatic rings. The molecule has 0 spiro atoms. The summed E-state index contributed by atoms with van der Waals surface area (Å²) in [6.07, 6.45) is 0. The first-order chi connectivity index (χ1) is 16.7. The number of hydrogen-bond donors (Lipinski definition) is 0. The van der Waals surface area contributed by atoms with E-state index in [0.29, 0.717) is 22.5 Å². The van der Waals surface area contributed by atoms with E-state index in [-0.39, 0.29) is 17.0 Å². The summed E-state index contributed by atoms with van der Waals surface area (Å²) in [6.45, 7) is 0. The third kappa shape index (κ3) is 4.14. The van der Waals surface area contributed by atoms with Crippen LogP contribution in [0.5, 0.6) is 0 Å². The van der Waals surface area contributed by atoms with Gasteiger partial charge in [-0.15, -0.1) is 0 Å². The Bertz CT molecular complexity index is 1550. The van der Waals surface area contributed by atoms with Gasteiger partial charge in [0.25, 0.3) is 5.56 Å². The van der Waals surface area contributed by atoms with Gasteiger partial charge in [-0.2, -0.15) is 4.99 Å². The van der Waals surface area contributed by atoms with E-state index in [9.17, 15) is 9.59 Å². The summed E-state index contributed by atoms with van der Waals surface area (Å²) in [5.74, 6) is -0.231. The number of aromatic nitrogens is 1. The molecule has 5 nitrogen and oxygen atoms in total. The molecule has 5 rings (SSSR count). The van der Waals surface area contributed by atoms with Crippen LogP contribution in [-0.4, -0.2) is 10.4 Å². The maximum absolute atomic E-state index is 14.0. The molecule has 164 valence electrons. The monoisotopic (exact) mass is 444 g/mol. The SMILES string of the molecule is O=C(c1ccccc1)c1c(-c2ccccc2)oc(=Nc2ccccc2)n(-c2ccccc2)c1=O. The van der Waals surface area contributed by atoms with Gasteiger partial charge in [0.2, 0.25) is 5.78 Å². The lowest BCUT2D eigenvalue weighted by molar-refractivity contribution is 0.103. The molecular weight excluding hydrogens is 424 g/mol. The molecule has 0 N–H and O–H groups in total. The zero-order valence-electron chi connectivity index (χ0n) is 18.2. The van der Waals surface area contributed by atoms with Gasteiger partial charge in [-0.25, -0.2) is 4.57 Å². The molecule has 0 saturated carbocycles. The molecular formula is C29H20N2O3. The minimum absolute atomic E-state index is 0.0479. The first kappa shape index (κ1) is 21.1. The Kier molecular flexibility index (Phi) is 5.82. The highest BCUT2D eigenvalue weighted by Gasteiger charge is 2.25. The van der Waals surface area contributed by atoms with E-state index in [1.54, 1.807) is 48.5 Å². The van der Waals surface area contributed by atoms with Gasteiger partial charge in [0.05, 0.1) is 11.4 Å². The van der Waals surface area contributed by atoms with Crippen LogP contribution in [0.25, 0.3) is 17.0 Å². The standard InChI is InChI=1S/C29H20N2O3/c32-26(21-13-5-1-6-14-21)25-27(22-15-7-2-8-16-22)34-29(30-23-17-9-3-10-18-23)31(28(25)33)24-19-11-4-12-20-24/h1-20H. The number of rotatable bonds is 5. The van der Waals surface area contributed by atoms with Crippen molar-refractivity contribution in [2.75, 3.05) is 0 Å². The highest BCUT2D eigenvalue weighted by molar-refractivity contribution is 6.11. The van der Waals surface area contributed by atoms with Gasteiger partial charge < -0.3 is 4.42 Å². The number of benzene rings is 4. The molecule has 0 aliphatic carbocycles. The summed E-state index contributed by atoms with van der Waals surface area (Å²) in [4.78, 5) is 32.2. The molecule has 0 bridgehead atoms. The van der Waals surface area contributed by atoms with E-state index in [1.165, 1.54) is 4.57 Å². The summed E-state index contributed by atoms with van der Waals surface area (Å²) in [6, 6.07) is 36.1. The molecule has 0 fully saturated rings. The predicted molar refractivity (Wildman–Crippen MR) is 131 cm³/mol. The van der Waals surface area contributed by atoms with Crippen LogP contribution in [0, 0.1) is 0 Å². The van der Waals surface area contributed by atoms with Gasteiger partial charge >= 0.3 is 5.68 Å². The Morgan fingerprint density at radius 2 is 1.21 bits per heavy atom. The molecule has 0 saturated heterocycles. The Morgan fingerprint density at radius 1 is 0.676 bits per heavy atom. The molecule has 0 amide bonds. The molecule has 1 aromatic heterocycles. The summed E-state index contributed by atoms with van der Waals surface area (Å²) >= 11 is 0. The average Bonchev–Trinajstić information content (AvgIpc) is 2.90. The van der Waals surface area contributed by atoms with Gasteiger partial charge in [0, 0.05) is 11.1 Å². The van der Waals surface area contributed by atoms with Crippen LogP contribution in [0.4, 0.5) is 5.69 Å². The third-order valence-electron chi connectivity index (χ3n) is 5.32. The van der Waals surface area contributed by atoms with Gasteiger partial charge in [0.15, 0.2) is 5.76 Å². The number of carbonyl (C=O) groups is 1. The van der Waals surface area contributed by atoms with Crippen LogP contribution in [0.3, 0.4) is 0 Å². The van der Waals surface area contributed by atoms with E-state index < -0.39 is 11.3 Å². The van der Waals surface area contributed by atoms with Crippen molar-refractivity contribution in [3.63, 3.8) is 0 Å². The normalized spacial score (nSPS) is 11.4. The van der Waals surface area contributed by atoms with Crippen molar-refractivity contribution in [1.29, 1.82) is 0 Å². The highest BCUT2D eigenvalue weighted by Crippen LogP contribution is 2.23. The Labute approximate surface area is 195 Å². The molecule has 0 aliphatic heterocycles. The average molecular weight is 444 g/mol. The number of nitrogens with zero attached hydrogens (tertiary/aromatic N) is 2. The smallest absolute Gasteiger partial charge is 0.310 e. The Balaban J connectivity index is 1.89. The lowest BCUT2D eigenvalue weighted by atomic mass is 10.00. The van der Waals surface area contributed by atoms with Crippen LogP contribution in [-0.2, 0) is 0 Å². The van der Waals surface area contributed by atoms with Gasteiger partial charge in [0.1, 0.15) is 5.56 Å². The summed E-state index contributed by atoms with van der Waals surface area (Å²) in [5.41, 5.74) is 1.71. The van der Waals surface area contributed by atoms with Crippen molar-refractivity contribution in [2.24, 2.45) is 4.99 Å². The van der Waals surface area contributed by atoms with Crippen molar-refractivity contribution < 1.29 is 9.21 Å². The fourth-order valence-corrected chi connectivity index (χ4v) is 3.70. The summed E-state index contributed by atoms with van der Waals surface area (Å²) < 4.78 is 7.63. The van der Waals surface area contributed by atoms with E-state index in [4.69, 9.17) is 4.42 Å². The van der Waals surface area contributed by atoms with Crippen molar-refractivity contribution in [3.05, 3.63) is 148 Å². The number of carbonyl (C=O) groups excluding carboxylic acids is 1. The van der Waals surface area contributed by atoms with Gasteiger partial charge in [-0.1, -0.05) is 97.1 Å². The predicted octanol–water partition coefficient (Wildman–Crippen LogP) is 5.56. The lowest BCUT2D eigenvalue weighted by Gasteiger charge is -2.13. The van der Waals surface area contributed by atoms with Crippen molar-refractivity contribution in [3.8, 4) is 17.0 Å². The van der Waals surface area contributed by atoms with Gasteiger partial charge in [-0.3, -0.25) is 9.59 Å². The Morgan fingerprint density at radius 3 is 1.82 bits per heavy atom. The Hall–Kier alpha value is -4.77. The topological polar surface area (TPSA) is 64.6 Å². The second-order valence-corrected chi connectivity index (χ2v) is 7.57. The molecule has 34 heavy (non-hydrogen) atoms. The van der Waals surface area contributed by atoms with Crippen molar-refractivity contribution >= 4 is 11.5 Å². The fraction of sp³-hybridized carbons (Fsp3) is 0. The summed E-state index contributed by atoms with van der Waals surface area (Å²) in [5, 5.41) is 0. The van der Waals surface area contributed by atoms with E-state index >= 15 is 0 Å². The van der Waals surface area contributed by atoms with Gasteiger partial charge in [-0.05, 0) is 24.3 Å². The van der Waals surface area contributed by atoms with Crippen LogP contribution in [0.15, 0.2) is 136 Å². The minimum atomic E-state index is -0.500. The second-order valence-electron chi connectivity index (χ2n) is 7.57. The van der Waals surface area contributed by atoms with E-state index in [1.807, 2.05) is 72.8 Å². The third-order valence-corrected chi connectivity index (χ3v) is 5.32. The molecule has 4 aromatic carbocycles. The first-order valence-corrected chi connectivity index (χ1v) is 10.8. The van der Waals surface area contributed by atoms with Crippen LogP contribution >= 0.6 is 0 Å². The van der Waals surface area contributed by atoms with E-state index in [2.05, 4.69) is 4.99 Å². The van der Waals surface area contributed by atoms with E-state index in [0.717, 1.165) is 0 Å². The lowest BCUT2D eigenvalue weighted by Crippen LogP contribution is -2.36. The molecule has 1 heterocycles. The summed E-state index contributed by atoms with van der Waals surface area (Å²) in [7, 11) is 0. The number of para-hydroxylation sites is 2. The number of hydrogen-bond acceptors (Lipinski definition) is 4. The largest absolute Gasteiger partial charge is 0.424 e. The van der Waals surface area contributed by atoms with Crippen LogP contribution < -0.4 is 11.2 Å². The molecule has 5 heteroatoms. The van der Waals surface area contributed by atoms with Crippen molar-refractivity contribution in [2.45, 2.75) is 0 Å². The zero-order valence-corrected chi connectivity index (χ0v) is 18.2. The first-order valence-electron chi connectivity index (χ1n) is 10.8. The van der Waals surface area contributed by atoms with Crippen molar-refractivity contribution in [1.82, 2.24) is 4.57 Å². The maximum atomic E-state index is 14.0. The number of ketones is 1.